The molecule has 1 unspecified atom stereocenters. The van der Waals surface area contributed by atoms with Crippen LogP contribution in [0, 0.1) is 5.92 Å². The number of amides is 1. The van der Waals surface area contributed by atoms with E-state index >= 15 is 0 Å². The van der Waals surface area contributed by atoms with Crippen molar-refractivity contribution in [2.75, 3.05) is 6.54 Å². The molecule has 1 aliphatic carbocycles. The lowest BCUT2D eigenvalue weighted by molar-refractivity contribution is -0.129. The highest BCUT2D eigenvalue weighted by Gasteiger charge is 2.31. The molecule has 1 fully saturated rings. The molecule has 1 saturated heterocycles. The van der Waals surface area contributed by atoms with Gasteiger partial charge < -0.3 is 5.32 Å². The Hall–Kier alpha value is -0.790. The third-order valence-corrected chi connectivity index (χ3v) is 2.32. The van der Waals surface area contributed by atoms with Crippen LogP contribution in [0.25, 0.3) is 0 Å². The molecule has 1 atom stereocenters. The van der Waals surface area contributed by atoms with Crippen molar-refractivity contribution in [1.82, 2.24) is 5.32 Å². The molecule has 1 heterocycles. The molecule has 0 bridgehead atoms. The minimum Gasteiger partial charge on any atom is -0.354 e. The first-order chi connectivity index (χ1) is 4.88. The summed E-state index contributed by atoms with van der Waals surface area (Å²) in [6.07, 6.45) is 5.81. The fraction of sp³-hybridized carbons (Fsp3) is 0.625. The van der Waals surface area contributed by atoms with Crippen LogP contribution in [0.15, 0.2) is 11.6 Å². The van der Waals surface area contributed by atoms with Gasteiger partial charge in [-0.2, -0.15) is 0 Å². The maximum atomic E-state index is 10.9. The van der Waals surface area contributed by atoms with Gasteiger partial charge in [0.05, 0.1) is 5.92 Å². The standard InChI is InChI=1S/C8H11NO/c10-8-7(5-9-8)6-3-1-2-4-6/h3,7H,1-2,4-5H2,(H,9,10). The fourth-order valence-corrected chi connectivity index (χ4v) is 1.60. The van der Waals surface area contributed by atoms with E-state index in [9.17, 15) is 4.79 Å². The lowest BCUT2D eigenvalue weighted by Gasteiger charge is -2.26. The normalized spacial score (nSPS) is 31.0. The molecule has 1 aliphatic heterocycles. The van der Waals surface area contributed by atoms with Gasteiger partial charge in [0.15, 0.2) is 0 Å². The summed E-state index contributed by atoms with van der Waals surface area (Å²) in [5.41, 5.74) is 1.38. The smallest absolute Gasteiger partial charge is 0.229 e. The second-order valence-corrected chi connectivity index (χ2v) is 2.97. The van der Waals surface area contributed by atoms with Crippen molar-refractivity contribution in [1.29, 1.82) is 0 Å². The van der Waals surface area contributed by atoms with Crippen LogP contribution in [0.4, 0.5) is 0 Å². The molecule has 0 saturated carbocycles. The Kier molecular flexibility index (Phi) is 1.26. The zero-order chi connectivity index (χ0) is 6.97. The van der Waals surface area contributed by atoms with E-state index in [4.69, 9.17) is 0 Å². The van der Waals surface area contributed by atoms with E-state index < -0.39 is 0 Å². The molecular formula is C8H11NO. The van der Waals surface area contributed by atoms with Crippen molar-refractivity contribution in [2.45, 2.75) is 19.3 Å². The van der Waals surface area contributed by atoms with E-state index in [1.54, 1.807) is 0 Å². The van der Waals surface area contributed by atoms with Gasteiger partial charge in [0.2, 0.25) is 5.91 Å². The van der Waals surface area contributed by atoms with Crippen molar-refractivity contribution in [3.05, 3.63) is 11.6 Å². The van der Waals surface area contributed by atoms with Gasteiger partial charge in [0.1, 0.15) is 0 Å². The molecule has 0 aromatic rings. The molecule has 2 nitrogen and oxygen atoms in total. The molecule has 0 aromatic carbocycles. The molecule has 0 spiro atoms. The van der Waals surface area contributed by atoms with E-state index in [0.29, 0.717) is 0 Å². The highest BCUT2D eigenvalue weighted by Crippen LogP contribution is 2.27. The average Bonchev–Trinajstić information content (AvgIpc) is 2.37. The van der Waals surface area contributed by atoms with Crippen molar-refractivity contribution < 1.29 is 4.79 Å². The van der Waals surface area contributed by atoms with Crippen molar-refractivity contribution in [3.8, 4) is 0 Å². The lowest BCUT2D eigenvalue weighted by atomic mass is 9.92. The van der Waals surface area contributed by atoms with Crippen LogP contribution < -0.4 is 5.32 Å². The Morgan fingerprint density at radius 1 is 1.60 bits per heavy atom. The van der Waals surface area contributed by atoms with Crippen LogP contribution in [-0.4, -0.2) is 12.5 Å². The summed E-state index contributed by atoms with van der Waals surface area (Å²) >= 11 is 0. The Labute approximate surface area is 60.3 Å². The zero-order valence-corrected chi connectivity index (χ0v) is 5.89. The van der Waals surface area contributed by atoms with Crippen LogP contribution in [0.2, 0.25) is 0 Å². The molecule has 0 aromatic heterocycles. The van der Waals surface area contributed by atoms with Crippen molar-refractivity contribution >= 4 is 5.91 Å². The number of β-lactam (4-membered cyclic amide) rings is 1. The van der Waals surface area contributed by atoms with Crippen LogP contribution >= 0.6 is 0 Å². The monoisotopic (exact) mass is 137 g/mol. The first-order valence-electron chi connectivity index (χ1n) is 3.84. The third-order valence-electron chi connectivity index (χ3n) is 2.32. The van der Waals surface area contributed by atoms with Gasteiger partial charge in [0.25, 0.3) is 0 Å². The van der Waals surface area contributed by atoms with Crippen molar-refractivity contribution in [3.63, 3.8) is 0 Å². The average molecular weight is 137 g/mol. The Morgan fingerprint density at radius 3 is 2.90 bits per heavy atom. The number of carbonyl (C=O) groups is 1. The van der Waals surface area contributed by atoms with Crippen LogP contribution in [-0.2, 0) is 4.79 Å². The largest absolute Gasteiger partial charge is 0.354 e. The van der Waals surface area contributed by atoms with E-state index in [-0.39, 0.29) is 11.8 Å². The molecule has 1 amide bonds. The van der Waals surface area contributed by atoms with E-state index in [2.05, 4.69) is 11.4 Å². The van der Waals surface area contributed by atoms with Gasteiger partial charge in [-0.15, -0.1) is 0 Å². The molecule has 0 radical (unpaired) electrons. The minimum absolute atomic E-state index is 0.230. The molecule has 2 rings (SSSR count). The predicted molar refractivity (Wildman–Crippen MR) is 38.4 cm³/mol. The Morgan fingerprint density at radius 2 is 2.50 bits per heavy atom. The van der Waals surface area contributed by atoms with Gasteiger partial charge in [0, 0.05) is 6.54 Å². The Balaban J connectivity index is 2.04. The highest BCUT2D eigenvalue weighted by atomic mass is 16.2. The molecular weight excluding hydrogens is 126 g/mol. The van der Waals surface area contributed by atoms with Gasteiger partial charge in [-0.3, -0.25) is 4.79 Å². The maximum absolute atomic E-state index is 10.9. The molecule has 54 valence electrons. The SMILES string of the molecule is O=C1NCC1C1=CCCC1. The van der Waals surface area contributed by atoms with Gasteiger partial charge in [-0.25, -0.2) is 0 Å². The van der Waals surface area contributed by atoms with Crippen LogP contribution in [0.1, 0.15) is 19.3 Å². The lowest BCUT2D eigenvalue weighted by Crippen LogP contribution is -2.49. The summed E-state index contributed by atoms with van der Waals surface area (Å²) in [6.45, 7) is 0.880. The quantitative estimate of drug-likeness (QED) is 0.421. The summed E-state index contributed by atoms with van der Waals surface area (Å²) in [5.74, 6) is 0.482. The number of rotatable bonds is 1. The first kappa shape index (κ1) is 5.96. The summed E-state index contributed by atoms with van der Waals surface area (Å²) in [7, 11) is 0. The topological polar surface area (TPSA) is 29.1 Å². The fourth-order valence-electron chi connectivity index (χ4n) is 1.60. The molecule has 10 heavy (non-hydrogen) atoms. The second-order valence-electron chi connectivity index (χ2n) is 2.97. The number of allylic oxidation sites excluding steroid dienone is 1. The summed E-state index contributed by atoms with van der Waals surface area (Å²) in [5, 5.41) is 2.76. The Bertz CT molecular complexity index is 195. The minimum atomic E-state index is 0.230. The first-order valence-corrected chi connectivity index (χ1v) is 3.84. The van der Waals surface area contributed by atoms with E-state index in [1.807, 2.05) is 0 Å². The van der Waals surface area contributed by atoms with Gasteiger partial charge in [-0.05, 0) is 19.3 Å². The molecule has 2 heteroatoms. The highest BCUT2D eigenvalue weighted by molar-refractivity contribution is 5.87. The van der Waals surface area contributed by atoms with Gasteiger partial charge >= 0.3 is 0 Å². The van der Waals surface area contributed by atoms with E-state index in [1.165, 1.54) is 18.4 Å². The third kappa shape index (κ3) is 0.753. The molecule has 2 aliphatic rings. The predicted octanol–water partition coefficient (Wildman–Crippen LogP) is 0.843. The summed E-state index contributed by atoms with van der Waals surface area (Å²) < 4.78 is 0. The summed E-state index contributed by atoms with van der Waals surface area (Å²) in [4.78, 5) is 10.9. The molecule has 1 N–H and O–H groups in total. The number of carbonyl (C=O) groups excluding carboxylic acids is 1. The summed E-state index contributed by atoms with van der Waals surface area (Å²) in [6, 6.07) is 0. The van der Waals surface area contributed by atoms with Crippen LogP contribution in [0.5, 0.6) is 0 Å². The second kappa shape index (κ2) is 2.11. The van der Waals surface area contributed by atoms with Crippen molar-refractivity contribution in [2.24, 2.45) is 5.92 Å². The van der Waals surface area contributed by atoms with Crippen LogP contribution in [0.3, 0.4) is 0 Å². The number of hydrogen-bond acceptors (Lipinski definition) is 1. The zero-order valence-electron chi connectivity index (χ0n) is 5.89. The maximum Gasteiger partial charge on any atom is 0.229 e. The van der Waals surface area contributed by atoms with E-state index in [0.717, 1.165) is 13.0 Å². The van der Waals surface area contributed by atoms with Gasteiger partial charge in [-0.1, -0.05) is 11.6 Å². The number of nitrogens with one attached hydrogen (secondary N) is 1. The number of hydrogen-bond donors (Lipinski definition) is 1.